The zero-order valence-corrected chi connectivity index (χ0v) is 16.7. The van der Waals surface area contributed by atoms with E-state index < -0.39 is 0 Å². The number of rotatable bonds is 4. The van der Waals surface area contributed by atoms with Crippen molar-refractivity contribution in [2.45, 2.75) is 18.3 Å². The highest BCUT2D eigenvalue weighted by Crippen LogP contribution is 2.47. The van der Waals surface area contributed by atoms with Crippen molar-refractivity contribution in [1.29, 1.82) is 0 Å². The number of hydrogen-bond donors (Lipinski definition) is 1. The molecule has 0 bridgehead atoms. The predicted octanol–water partition coefficient (Wildman–Crippen LogP) is 4.41. The minimum Gasteiger partial charge on any atom is -0.497 e. The summed E-state index contributed by atoms with van der Waals surface area (Å²) in [7, 11) is 1.60. The van der Waals surface area contributed by atoms with Gasteiger partial charge in [0.2, 0.25) is 0 Å². The van der Waals surface area contributed by atoms with E-state index in [4.69, 9.17) is 4.74 Å². The SMILES string of the molecule is C=CCN1CCC2(CC1)CN(C(=O)Nc1ccc(OC)cc1)c1ccc(F)cc12. The van der Waals surface area contributed by atoms with Crippen molar-refractivity contribution in [2.24, 2.45) is 0 Å². The zero-order chi connectivity index (χ0) is 20.4. The summed E-state index contributed by atoms with van der Waals surface area (Å²) >= 11 is 0. The first-order valence-electron chi connectivity index (χ1n) is 9.90. The zero-order valence-electron chi connectivity index (χ0n) is 16.7. The van der Waals surface area contributed by atoms with E-state index in [2.05, 4.69) is 16.8 Å². The number of fused-ring (bicyclic) bond motifs is 2. The van der Waals surface area contributed by atoms with Crippen molar-refractivity contribution < 1.29 is 13.9 Å². The number of urea groups is 1. The third kappa shape index (κ3) is 3.72. The minimum atomic E-state index is -0.256. The van der Waals surface area contributed by atoms with Gasteiger partial charge in [-0.15, -0.1) is 6.58 Å². The standard InChI is InChI=1S/C23H26FN3O2/c1-3-12-26-13-10-23(11-14-26)16-27(21-9-4-17(24)15-20(21)23)22(28)25-18-5-7-19(29-2)8-6-18/h3-9,15H,1,10-14,16H2,2H3,(H,25,28). The van der Waals surface area contributed by atoms with Crippen molar-refractivity contribution >= 4 is 17.4 Å². The maximum Gasteiger partial charge on any atom is 0.326 e. The number of ether oxygens (including phenoxy) is 1. The average molecular weight is 395 g/mol. The first-order chi connectivity index (χ1) is 14.0. The van der Waals surface area contributed by atoms with Gasteiger partial charge in [0.25, 0.3) is 0 Å². The van der Waals surface area contributed by atoms with Crippen molar-refractivity contribution in [3.05, 3.63) is 66.5 Å². The van der Waals surface area contributed by atoms with E-state index >= 15 is 0 Å². The molecule has 0 aromatic heterocycles. The Bertz CT molecular complexity index is 905. The lowest BCUT2D eigenvalue weighted by Gasteiger charge is -2.39. The van der Waals surface area contributed by atoms with Gasteiger partial charge in [-0.05, 0) is 74.0 Å². The predicted molar refractivity (Wildman–Crippen MR) is 113 cm³/mol. The van der Waals surface area contributed by atoms with E-state index in [1.807, 2.05) is 18.2 Å². The van der Waals surface area contributed by atoms with Gasteiger partial charge in [-0.2, -0.15) is 0 Å². The summed E-state index contributed by atoms with van der Waals surface area (Å²) in [5, 5.41) is 2.96. The molecule has 2 aromatic carbocycles. The van der Waals surface area contributed by atoms with Gasteiger partial charge in [0.1, 0.15) is 11.6 Å². The van der Waals surface area contributed by atoms with Crippen molar-refractivity contribution in [1.82, 2.24) is 4.90 Å². The average Bonchev–Trinajstić information content (AvgIpc) is 3.04. The minimum absolute atomic E-state index is 0.201. The molecule has 2 aliphatic heterocycles. The normalized spacial score (nSPS) is 17.8. The van der Waals surface area contributed by atoms with Gasteiger partial charge in [-0.3, -0.25) is 9.80 Å². The van der Waals surface area contributed by atoms with E-state index in [1.165, 1.54) is 6.07 Å². The maximum absolute atomic E-state index is 14.1. The molecular formula is C23H26FN3O2. The van der Waals surface area contributed by atoms with Crippen molar-refractivity contribution in [3.63, 3.8) is 0 Å². The van der Waals surface area contributed by atoms with Crippen LogP contribution in [-0.4, -0.2) is 44.2 Å². The smallest absolute Gasteiger partial charge is 0.326 e. The van der Waals surface area contributed by atoms with Gasteiger partial charge >= 0.3 is 6.03 Å². The molecule has 1 spiro atoms. The molecule has 0 aliphatic carbocycles. The molecular weight excluding hydrogens is 369 g/mol. The molecule has 0 unspecified atom stereocenters. The van der Waals surface area contributed by atoms with Crippen LogP contribution in [0.25, 0.3) is 0 Å². The molecule has 0 atom stereocenters. The number of halogens is 1. The highest BCUT2D eigenvalue weighted by atomic mass is 19.1. The Morgan fingerprint density at radius 1 is 1.24 bits per heavy atom. The third-order valence-corrected chi connectivity index (χ3v) is 6.07. The Morgan fingerprint density at radius 3 is 2.62 bits per heavy atom. The molecule has 2 heterocycles. The number of nitrogens with one attached hydrogen (secondary N) is 1. The summed E-state index contributed by atoms with van der Waals surface area (Å²) in [5.74, 6) is 0.476. The summed E-state index contributed by atoms with van der Waals surface area (Å²) in [6.45, 7) is 7.06. The van der Waals surface area contributed by atoms with Crippen LogP contribution >= 0.6 is 0 Å². The van der Waals surface area contributed by atoms with E-state index in [0.717, 1.165) is 49.5 Å². The first kappa shape index (κ1) is 19.5. The molecule has 2 aromatic rings. The molecule has 152 valence electrons. The lowest BCUT2D eigenvalue weighted by Crippen LogP contribution is -2.46. The van der Waals surface area contributed by atoms with Gasteiger partial charge in [0, 0.05) is 29.9 Å². The van der Waals surface area contributed by atoms with Crippen LogP contribution in [0, 0.1) is 5.82 Å². The van der Waals surface area contributed by atoms with Crippen LogP contribution < -0.4 is 15.0 Å². The molecule has 1 saturated heterocycles. The number of methoxy groups -OCH3 is 1. The van der Waals surface area contributed by atoms with E-state index in [-0.39, 0.29) is 17.3 Å². The van der Waals surface area contributed by atoms with Gasteiger partial charge in [-0.25, -0.2) is 9.18 Å². The number of carbonyl (C=O) groups excluding carboxylic acids is 1. The molecule has 1 N–H and O–H groups in total. The van der Waals surface area contributed by atoms with Crippen LogP contribution in [0.15, 0.2) is 55.1 Å². The number of nitrogens with zero attached hydrogens (tertiary/aromatic N) is 2. The second-order valence-corrected chi connectivity index (χ2v) is 7.78. The molecule has 1 fully saturated rings. The van der Waals surface area contributed by atoms with Crippen LogP contribution in [0.4, 0.5) is 20.6 Å². The number of anilines is 2. The largest absolute Gasteiger partial charge is 0.497 e. The molecule has 0 saturated carbocycles. The lowest BCUT2D eigenvalue weighted by molar-refractivity contribution is 0.180. The Kier molecular flexibility index (Phi) is 5.28. The molecule has 2 aliphatic rings. The Labute approximate surface area is 170 Å². The number of piperidine rings is 1. The summed E-state index contributed by atoms with van der Waals surface area (Å²) in [6, 6.07) is 11.8. The lowest BCUT2D eigenvalue weighted by atomic mass is 9.74. The molecule has 6 heteroatoms. The fourth-order valence-corrected chi connectivity index (χ4v) is 4.46. The summed E-state index contributed by atoms with van der Waals surface area (Å²) in [6.07, 6.45) is 3.70. The second-order valence-electron chi connectivity index (χ2n) is 7.78. The molecule has 0 radical (unpaired) electrons. The Balaban J connectivity index is 1.57. The number of likely N-dealkylation sites (tertiary alicyclic amines) is 1. The number of hydrogen-bond acceptors (Lipinski definition) is 3. The molecule has 4 rings (SSSR count). The van der Waals surface area contributed by atoms with E-state index in [0.29, 0.717) is 12.2 Å². The number of carbonyl (C=O) groups is 1. The summed E-state index contributed by atoms with van der Waals surface area (Å²) in [5.41, 5.74) is 2.24. The van der Waals surface area contributed by atoms with Gasteiger partial charge in [0.15, 0.2) is 0 Å². The van der Waals surface area contributed by atoms with Gasteiger partial charge in [-0.1, -0.05) is 6.08 Å². The number of amides is 2. The van der Waals surface area contributed by atoms with E-state index in [1.54, 1.807) is 36.3 Å². The first-order valence-corrected chi connectivity index (χ1v) is 9.90. The highest BCUT2D eigenvalue weighted by Gasteiger charge is 2.46. The monoisotopic (exact) mass is 395 g/mol. The summed E-state index contributed by atoms with van der Waals surface area (Å²) < 4.78 is 19.3. The van der Waals surface area contributed by atoms with Crippen LogP contribution in [0.2, 0.25) is 0 Å². The quantitative estimate of drug-likeness (QED) is 0.780. The topological polar surface area (TPSA) is 44.8 Å². The highest BCUT2D eigenvalue weighted by molar-refractivity contribution is 6.03. The van der Waals surface area contributed by atoms with Crippen LogP contribution in [0.1, 0.15) is 18.4 Å². The maximum atomic E-state index is 14.1. The second kappa shape index (κ2) is 7.87. The van der Waals surface area contributed by atoms with Gasteiger partial charge < -0.3 is 10.1 Å². The molecule has 5 nitrogen and oxygen atoms in total. The Hall–Kier alpha value is -2.86. The van der Waals surface area contributed by atoms with E-state index in [9.17, 15) is 9.18 Å². The Morgan fingerprint density at radius 2 is 1.97 bits per heavy atom. The van der Waals surface area contributed by atoms with Crippen molar-refractivity contribution in [2.75, 3.05) is 43.5 Å². The molecule has 29 heavy (non-hydrogen) atoms. The molecule has 2 amide bonds. The number of benzene rings is 2. The van der Waals surface area contributed by atoms with Crippen molar-refractivity contribution in [3.8, 4) is 5.75 Å². The van der Waals surface area contributed by atoms with Crippen LogP contribution in [-0.2, 0) is 5.41 Å². The van der Waals surface area contributed by atoms with Gasteiger partial charge in [0.05, 0.1) is 7.11 Å². The fraction of sp³-hybridized carbons (Fsp3) is 0.348. The summed E-state index contributed by atoms with van der Waals surface area (Å²) in [4.78, 5) is 17.2. The van der Waals surface area contributed by atoms with Crippen LogP contribution in [0.5, 0.6) is 5.75 Å². The van der Waals surface area contributed by atoms with Crippen LogP contribution in [0.3, 0.4) is 0 Å². The fourth-order valence-electron chi connectivity index (χ4n) is 4.46. The third-order valence-electron chi connectivity index (χ3n) is 6.07.